The molecule has 3 heterocycles. The third-order valence-corrected chi connectivity index (χ3v) is 5.70. The quantitative estimate of drug-likeness (QED) is 0.823. The van der Waals surface area contributed by atoms with Gasteiger partial charge in [0.2, 0.25) is 5.91 Å². The van der Waals surface area contributed by atoms with E-state index in [4.69, 9.17) is 9.47 Å². The fraction of sp³-hybridized carbons (Fsp3) is 0.706. The number of likely N-dealkylation sites (tertiary alicyclic amines) is 1. The van der Waals surface area contributed by atoms with Gasteiger partial charge in [0.15, 0.2) is 0 Å². The molecule has 0 radical (unpaired) electrons. The summed E-state index contributed by atoms with van der Waals surface area (Å²) in [5.41, 5.74) is -0.0300. The van der Waals surface area contributed by atoms with Gasteiger partial charge in [0.05, 0.1) is 18.3 Å². The summed E-state index contributed by atoms with van der Waals surface area (Å²) in [7, 11) is 3.50. The smallest absolute Gasteiger partial charge is 0.248 e. The SMILES string of the molecule is CN(C)C(=O)COC1COC2(CCN(Cc3cccs3)CC2)C1. The van der Waals surface area contributed by atoms with Crippen molar-refractivity contribution in [2.45, 2.75) is 37.5 Å². The first kappa shape index (κ1) is 16.9. The largest absolute Gasteiger partial charge is 0.372 e. The fourth-order valence-corrected chi connectivity index (χ4v) is 4.06. The van der Waals surface area contributed by atoms with Crippen LogP contribution in [0.15, 0.2) is 17.5 Å². The minimum absolute atomic E-state index is 0.0108. The van der Waals surface area contributed by atoms with E-state index in [0.29, 0.717) is 6.61 Å². The summed E-state index contributed by atoms with van der Waals surface area (Å²) < 4.78 is 11.8. The molecule has 1 amide bonds. The van der Waals surface area contributed by atoms with E-state index in [1.54, 1.807) is 19.0 Å². The van der Waals surface area contributed by atoms with E-state index >= 15 is 0 Å². The molecule has 1 unspecified atom stereocenters. The lowest BCUT2D eigenvalue weighted by atomic mass is 9.88. The summed E-state index contributed by atoms with van der Waals surface area (Å²) in [6, 6.07) is 4.31. The first-order chi connectivity index (χ1) is 11.1. The highest BCUT2D eigenvalue weighted by atomic mass is 32.1. The van der Waals surface area contributed by atoms with Crippen LogP contribution in [0.4, 0.5) is 0 Å². The number of carbonyl (C=O) groups excluding carboxylic acids is 1. The summed E-state index contributed by atoms with van der Waals surface area (Å²) in [6.07, 6.45) is 3.09. The zero-order chi connectivity index (χ0) is 16.3. The van der Waals surface area contributed by atoms with Gasteiger partial charge in [-0.25, -0.2) is 0 Å². The number of rotatable bonds is 5. The maximum absolute atomic E-state index is 11.6. The maximum atomic E-state index is 11.6. The number of piperidine rings is 1. The molecule has 2 aliphatic heterocycles. The van der Waals surface area contributed by atoms with Crippen molar-refractivity contribution in [2.24, 2.45) is 0 Å². The van der Waals surface area contributed by atoms with Gasteiger partial charge in [-0.2, -0.15) is 0 Å². The Kier molecular flexibility index (Phi) is 5.36. The third kappa shape index (κ3) is 4.32. The van der Waals surface area contributed by atoms with Gasteiger partial charge in [0.25, 0.3) is 0 Å². The molecule has 0 aliphatic carbocycles. The second-order valence-corrected chi connectivity index (χ2v) is 7.81. The molecule has 0 aromatic carbocycles. The Labute approximate surface area is 142 Å². The second-order valence-electron chi connectivity index (χ2n) is 6.77. The van der Waals surface area contributed by atoms with E-state index in [2.05, 4.69) is 22.4 Å². The van der Waals surface area contributed by atoms with E-state index in [1.165, 1.54) is 4.88 Å². The Morgan fingerprint density at radius 2 is 2.26 bits per heavy atom. The first-order valence-electron chi connectivity index (χ1n) is 8.27. The van der Waals surface area contributed by atoms with Crippen LogP contribution in [0.25, 0.3) is 0 Å². The minimum Gasteiger partial charge on any atom is -0.372 e. The fourth-order valence-electron chi connectivity index (χ4n) is 3.32. The van der Waals surface area contributed by atoms with Crippen LogP contribution in [0.3, 0.4) is 0 Å². The van der Waals surface area contributed by atoms with Gasteiger partial charge in [-0.05, 0) is 24.3 Å². The third-order valence-electron chi connectivity index (χ3n) is 4.84. The number of thiophene rings is 1. The summed E-state index contributed by atoms with van der Waals surface area (Å²) >= 11 is 1.82. The Balaban J connectivity index is 1.43. The average Bonchev–Trinajstić information content (AvgIpc) is 3.18. The van der Waals surface area contributed by atoms with Crippen LogP contribution in [0.2, 0.25) is 0 Å². The lowest BCUT2D eigenvalue weighted by Crippen LogP contribution is -2.43. The average molecular weight is 338 g/mol. The molecule has 5 nitrogen and oxygen atoms in total. The Morgan fingerprint density at radius 3 is 2.91 bits per heavy atom. The van der Waals surface area contributed by atoms with Crippen molar-refractivity contribution >= 4 is 17.2 Å². The van der Waals surface area contributed by atoms with Gasteiger partial charge in [0, 0.05) is 45.0 Å². The molecule has 0 saturated carbocycles. The van der Waals surface area contributed by atoms with Crippen molar-refractivity contribution in [1.29, 1.82) is 0 Å². The van der Waals surface area contributed by atoms with E-state index in [-0.39, 0.29) is 24.2 Å². The topological polar surface area (TPSA) is 42.0 Å². The summed E-state index contributed by atoms with van der Waals surface area (Å²) in [5, 5.41) is 2.14. The summed E-state index contributed by atoms with van der Waals surface area (Å²) in [5.74, 6) is 0.0108. The van der Waals surface area contributed by atoms with Crippen molar-refractivity contribution in [1.82, 2.24) is 9.80 Å². The van der Waals surface area contributed by atoms with Crippen molar-refractivity contribution in [3.63, 3.8) is 0 Å². The number of nitrogens with zero attached hydrogens (tertiary/aromatic N) is 2. The van der Waals surface area contributed by atoms with Crippen LogP contribution in [0, 0.1) is 0 Å². The molecule has 2 fully saturated rings. The molecule has 6 heteroatoms. The van der Waals surface area contributed by atoms with Gasteiger partial charge in [-0.1, -0.05) is 6.07 Å². The van der Waals surface area contributed by atoms with E-state index in [0.717, 1.165) is 38.9 Å². The van der Waals surface area contributed by atoms with Crippen LogP contribution >= 0.6 is 11.3 Å². The number of hydrogen-bond donors (Lipinski definition) is 0. The van der Waals surface area contributed by atoms with Gasteiger partial charge in [-0.15, -0.1) is 11.3 Å². The van der Waals surface area contributed by atoms with Gasteiger partial charge >= 0.3 is 0 Å². The predicted molar refractivity (Wildman–Crippen MR) is 90.6 cm³/mol. The van der Waals surface area contributed by atoms with E-state index in [9.17, 15) is 4.79 Å². The van der Waals surface area contributed by atoms with Crippen LogP contribution in [0.5, 0.6) is 0 Å². The molecular weight excluding hydrogens is 312 g/mol. The molecule has 1 aromatic heterocycles. The number of ether oxygens (including phenoxy) is 2. The Morgan fingerprint density at radius 1 is 1.48 bits per heavy atom. The molecule has 1 aromatic rings. The number of amides is 1. The minimum atomic E-state index is -0.0300. The van der Waals surface area contributed by atoms with Gasteiger partial charge < -0.3 is 14.4 Å². The van der Waals surface area contributed by atoms with Crippen molar-refractivity contribution in [2.75, 3.05) is 40.4 Å². The highest BCUT2D eigenvalue weighted by molar-refractivity contribution is 7.09. The van der Waals surface area contributed by atoms with Crippen LogP contribution in [-0.4, -0.2) is 67.8 Å². The second kappa shape index (κ2) is 7.30. The zero-order valence-corrected chi connectivity index (χ0v) is 14.8. The standard InChI is InChI=1S/C17H26N2O3S/c1-18(2)16(20)13-21-14-10-17(22-12-14)5-7-19(8-6-17)11-15-4-3-9-23-15/h3-4,9,14H,5-8,10-13H2,1-2H3. The molecule has 1 spiro atoms. The molecule has 128 valence electrons. The molecule has 2 aliphatic rings. The molecule has 0 N–H and O–H groups in total. The maximum Gasteiger partial charge on any atom is 0.248 e. The monoisotopic (exact) mass is 338 g/mol. The number of hydrogen-bond acceptors (Lipinski definition) is 5. The van der Waals surface area contributed by atoms with Gasteiger partial charge in [-0.3, -0.25) is 9.69 Å². The number of likely N-dealkylation sites (N-methyl/N-ethyl adjacent to an activating group) is 1. The Hall–Kier alpha value is -0.950. The van der Waals surface area contributed by atoms with E-state index in [1.807, 2.05) is 11.3 Å². The predicted octanol–water partition coefficient (Wildman–Crippen LogP) is 1.98. The van der Waals surface area contributed by atoms with Gasteiger partial charge in [0.1, 0.15) is 6.61 Å². The van der Waals surface area contributed by atoms with Crippen LogP contribution < -0.4 is 0 Å². The highest BCUT2D eigenvalue weighted by Crippen LogP contribution is 2.37. The lowest BCUT2D eigenvalue weighted by molar-refractivity contribution is -0.135. The summed E-state index contributed by atoms with van der Waals surface area (Å²) in [4.78, 5) is 17.1. The zero-order valence-electron chi connectivity index (χ0n) is 14.0. The molecule has 1 atom stereocenters. The van der Waals surface area contributed by atoms with Crippen LogP contribution in [-0.2, 0) is 20.8 Å². The number of carbonyl (C=O) groups is 1. The molecule has 3 rings (SSSR count). The Bertz CT molecular complexity index is 510. The van der Waals surface area contributed by atoms with E-state index < -0.39 is 0 Å². The highest BCUT2D eigenvalue weighted by Gasteiger charge is 2.43. The molecular formula is C17H26N2O3S. The first-order valence-corrected chi connectivity index (χ1v) is 9.15. The lowest BCUT2D eigenvalue weighted by Gasteiger charge is -2.38. The van der Waals surface area contributed by atoms with Crippen molar-refractivity contribution in [3.05, 3.63) is 22.4 Å². The molecule has 2 saturated heterocycles. The van der Waals surface area contributed by atoms with Crippen molar-refractivity contribution < 1.29 is 14.3 Å². The molecule has 23 heavy (non-hydrogen) atoms. The van der Waals surface area contributed by atoms with Crippen molar-refractivity contribution in [3.8, 4) is 0 Å². The van der Waals surface area contributed by atoms with Crippen LogP contribution in [0.1, 0.15) is 24.1 Å². The molecule has 0 bridgehead atoms. The normalized spacial score (nSPS) is 24.2. The summed E-state index contributed by atoms with van der Waals surface area (Å²) in [6.45, 7) is 3.96.